The summed E-state index contributed by atoms with van der Waals surface area (Å²) >= 11 is 8.13. The number of nitrogens with zero attached hydrogens (tertiary/aromatic N) is 1. The summed E-state index contributed by atoms with van der Waals surface area (Å²) in [7, 11) is 2.86. The second-order valence-electron chi connectivity index (χ2n) is 9.48. The zero-order chi connectivity index (χ0) is 32.0. The molecule has 4 rings (SSSR count). The van der Waals surface area contributed by atoms with Crippen molar-refractivity contribution in [1.29, 1.82) is 0 Å². The minimum absolute atomic E-state index is 0.189. The summed E-state index contributed by atoms with van der Waals surface area (Å²) in [6, 6.07) is 12.1. The summed E-state index contributed by atoms with van der Waals surface area (Å²) in [5.41, 5.74) is 1.74. The molecule has 3 aromatic rings. The Balaban J connectivity index is 1.56. The number of barbiturate groups is 1. The number of hydrogen-bond acceptors (Lipinski definition) is 8. The summed E-state index contributed by atoms with van der Waals surface area (Å²) < 4.78 is 22.8. The Morgan fingerprint density at radius 3 is 2.43 bits per heavy atom. The van der Waals surface area contributed by atoms with Crippen molar-refractivity contribution in [2.75, 3.05) is 37.7 Å². The molecule has 1 heterocycles. The molecule has 44 heavy (non-hydrogen) atoms. The van der Waals surface area contributed by atoms with Crippen LogP contribution in [0.4, 0.5) is 16.2 Å². The van der Waals surface area contributed by atoms with Crippen molar-refractivity contribution < 1.29 is 38.1 Å². The van der Waals surface area contributed by atoms with Crippen molar-refractivity contribution in [2.24, 2.45) is 0 Å². The third-order valence-corrected chi connectivity index (χ3v) is 7.54. The van der Waals surface area contributed by atoms with Crippen LogP contribution in [0.1, 0.15) is 24.5 Å². The number of benzene rings is 3. The monoisotopic (exact) mass is 733 g/mol. The van der Waals surface area contributed by atoms with Crippen molar-refractivity contribution >= 4 is 75.4 Å². The largest absolute Gasteiger partial charge is 0.493 e. The smallest absolute Gasteiger partial charge is 0.335 e. The van der Waals surface area contributed by atoms with Crippen LogP contribution in [0, 0.1) is 10.5 Å². The predicted molar refractivity (Wildman–Crippen MR) is 174 cm³/mol. The van der Waals surface area contributed by atoms with Crippen LogP contribution in [0.15, 0.2) is 54.1 Å². The minimum atomic E-state index is -0.900. The highest BCUT2D eigenvalue weighted by atomic mass is 127. The summed E-state index contributed by atoms with van der Waals surface area (Å²) in [6.45, 7) is 3.96. The van der Waals surface area contributed by atoms with Gasteiger partial charge in [0.05, 0.1) is 30.1 Å². The number of carbonyl (C=O) groups excluding carboxylic acids is 4. The first kappa shape index (κ1) is 32.6. The number of carbonyl (C=O) groups is 4. The van der Waals surface area contributed by atoms with E-state index in [9.17, 15) is 19.2 Å². The standard InChI is InChI=1S/C31H29ClIN3O8/c1-5-10-43-24-9-8-20(15-25(24)41-3)36-30(39)21(29(38)35-31(36)40)11-18-12-23(33)28(26(13-18)42-4)44-16-27(37)34-19-7-6-17(2)22(32)14-19/h6-9,11-15H,5,10,16H2,1-4H3,(H,34,37)(H,35,38,40)/b21-11-. The van der Waals surface area contributed by atoms with Crippen LogP contribution in [0.25, 0.3) is 6.08 Å². The van der Waals surface area contributed by atoms with Crippen LogP contribution < -0.4 is 34.5 Å². The highest BCUT2D eigenvalue weighted by Crippen LogP contribution is 2.36. The molecule has 0 aromatic heterocycles. The second-order valence-corrected chi connectivity index (χ2v) is 11.0. The van der Waals surface area contributed by atoms with E-state index in [4.69, 9.17) is 30.5 Å². The van der Waals surface area contributed by atoms with E-state index in [0.717, 1.165) is 16.9 Å². The number of methoxy groups -OCH3 is 2. The molecule has 5 amide bonds. The van der Waals surface area contributed by atoms with E-state index in [0.29, 0.717) is 43.7 Å². The van der Waals surface area contributed by atoms with Crippen LogP contribution in [0.3, 0.4) is 0 Å². The zero-order valence-electron chi connectivity index (χ0n) is 24.3. The molecule has 2 N–H and O–H groups in total. The number of nitrogens with one attached hydrogen (secondary N) is 2. The topological polar surface area (TPSA) is 132 Å². The lowest BCUT2D eigenvalue weighted by atomic mass is 10.1. The Labute approximate surface area is 272 Å². The van der Waals surface area contributed by atoms with E-state index in [1.807, 2.05) is 36.4 Å². The number of aryl methyl sites for hydroxylation is 1. The van der Waals surface area contributed by atoms with Gasteiger partial charge in [0.2, 0.25) is 0 Å². The van der Waals surface area contributed by atoms with E-state index < -0.39 is 23.8 Å². The average molecular weight is 734 g/mol. The maximum absolute atomic E-state index is 13.5. The molecular weight excluding hydrogens is 705 g/mol. The number of amides is 5. The van der Waals surface area contributed by atoms with Crippen molar-refractivity contribution in [3.05, 3.63) is 73.8 Å². The Bertz CT molecular complexity index is 1660. The lowest BCUT2D eigenvalue weighted by Gasteiger charge is -2.27. The summed E-state index contributed by atoms with van der Waals surface area (Å²) in [5.74, 6) is -0.760. The SMILES string of the molecule is CCCOc1ccc(N2C(=O)NC(=O)/C(=C/c3cc(I)c(OCC(=O)Nc4ccc(C)c(Cl)c4)c(OC)c3)C2=O)cc1OC. The van der Waals surface area contributed by atoms with E-state index in [2.05, 4.69) is 10.6 Å². The number of rotatable bonds is 11. The van der Waals surface area contributed by atoms with Gasteiger partial charge >= 0.3 is 6.03 Å². The van der Waals surface area contributed by atoms with Crippen LogP contribution in [-0.4, -0.2) is 51.2 Å². The molecule has 1 fully saturated rings. The van der Waals surface area contributed by atoms with Crippen molar-refractivity contribution in [3.63, 3.8) is 0 Å². The lowest BCUT2D eigenvalue weighted by molar-refractivity contribution is -0.122. The van der Waals surface area contributed by atoms with Crippen molar-refractivity contribution in [1.82, 2.24) is 5.32 Å². The molecule has 0 atom stereocenters. The normalized spacial score (nSPS) is 13.9. The van der Waals surface area contributed by atoms with Gasteiger partial charge in [-0.2, -0.15) is 0 Å². The highest BCUT2D eigenvalue weighted by molar-refractivity contribution is 14.1. The van der Waals surface area contributed by atoms with E-state index in [-0.39, 0.29) is 23.6 Å². The molecule has 1 aliphatic heterocycles. The molecule has 0 spiro atoms. The molecular formula is C31H29ClIN3O8. The van der Waals surface area contributed by atoms with Gasteiger partial charge in [-0.1, -0.05) is 24.6 Å². The van der Waals surface area contributed by atoms with Crippen molar-refractivity contribution in [3.8, 4) is 23.0 Å². The third-order valence-electron chi connectivity index (χ3n) is 6.33. The summed E-state index contributed by atoms with van der Waals surface area (Å²) in [4.78, 5) is 52.3. The number of anilines is 2. The van der Waals surface area contributed by atoms with Gasteiger partial charge in [-0.25, -0.2) is 9.69 Å². The number of urea groups is 1. The molecule has 0 radical (unpaired) electrons. The first-order valence-corrected chi connectivity index (χ1v) is 14.8. The fourth-order valence-corrected chi connectivity index (χ4v) is 5.12. The predicted octanol–water partition coefficient (Wildman–Crippen LogP) is 5.74. The zero-order valence-corrected chi connectivity index (χ0v) is 27.2. The third kappa shape index (κ3) is 7.42. The molecule has 3 aromatic carbocycles. The van der Waals surface area contributed by atoms with Gasteiger partial charge in [0.1, 0.15) is 5.57 Å². The van der Waals surface area contributed by atoms with E-state index >= 15 is 0 Å². The van der Waals surface area contributed by atoms with Gasteiger partial charge in [0, 0.05) is 16.8 Å². The highest BCUT2D eigenvalue weighted by Gasteiger charge is 2.37. The van der Waals surface area contributed by atoms with Gasteiger partial charge in [-0.3, -0.25) is 19.7 Å². The fraction of sp³-hybridized carbons (Fsp3) is 0.226. The second kappa shape index (κ2) is 14.4. The molecule has 0 aliphatic carbocycles. The molecule has 1 saturated heterocycles. The average Bonchev–Trinajstić information content (AvgIpc) is 2.99. The Kier molecular flexibility index (Phi) is 10.7. The maximum atomic E-state index is 13.5. The molecule has 0 saturated carbocycles. The van der Waals surface area contributed by atoms with Crippen LogP contribution in [0.5, 0.6) is 23.0 Å². The van der Waals surface area contributed by atoms with Gasteiger partial charge < -0.3 is 24.3 Å². The van der Waals surface area contributed by atoms with Crippen molar-refractivity contribution in [2.45, 2.75) is 20.3 Å². The lowest BCUT2D eigenvalue weighted by Crippen LogP contribution is -2.54. The van der Waals surface area contributed by atoms with Gasteiger partial charge in [0.25, 0.3) is 17.7 Å². The summed E-state index contributed by atoms with van der Waals surface area (Å²) in [6.07, 6.45) is 2.12. The number of imide groups is 2. The Morgan fingerprint density at radius 1 is 1.00 bits per heavy atom. The first-order chi connectivity index (χ1) is 21.1. The molecule has 230 valence electrons. The first-order valence-electron chi connectivity index (χ1n) is 13.3. The molecule has 0 bridgehead atoms. The molecule has 11 nitrogen and oxygen atoms in total. The Morgan fingerprint density at radius 2 is 1.75 bits per heavy atom. The fourth-order valence-electron chi connectivity index (χ4n) is 4.15. The molecule has 1 aliphatic rings. The minimum Gasteiger partial charge on any atom is -0.493 e. The van der Waals surface area contributed by atoms with E-state index in [1.54, 1.807) is 36.4 Å². The molecule has 13 heteroatoms. The number of hydrogen-bond donors (Lipinski definition) is 2. The quantitative estimate of drug-likeness (QED) is 0.145. The number of ether oxygens (including phenoxy) is 4. The molecule has 0 unspecified atom stereocenters. The van der Waals surface area contributed by atoms with Gasteiger partial charge in [-0.15, -0.1) is 0 Å². The van der Waals surface area contributed by atoms with Crippen LogP contribution in [-0.2, 0) is 14.4 Å². The number of halogens is 2. The van der Waals surface area contributed by atoms with Gasteiger partial charge in [-0.05, 0) is 89.5 Å². The van der Waals surface area contributed by atoms with Crippen LogP contribution in [0.2, 0.25) is 5.02 Å². The van der Waals surface area contributed by atoms with Crippen LogP contribution >= 0.6 is 34.2 Å². The summed E-state index contributed by atoms with van der Waals surface area (Å²) in [5, 5.41) is 5.45. The van der Waals surface area contributed by atoms with E-state index in [1.165, 1.54) is 32.4 Å². The van der Waals surface area contributed by atoms with Gasteiger partial charge in [0.15, 0.2) is 29.6 Å². The Hall–Kier alpha value is -4.30. The maximum Gasteiger partial charge on any atom is 0.335 e.